The van der Waals surface area contributed by atoms with Crippen LogP contribution >= 0.6 is 0 Å². The first-order valence-electron chi connectivity index (χ1n) is 5.95. The number of carbonyl (C=O) groups excluding carboxylic acids is 2. The summed E-state index contributed by atoms with van der Waals surface area (Å²) >= 11 is 0. The second-order valence-corrected chi connectivity index (χ2v) is 4.26. The zero-order valence-corrected chi connectivity index (χ0v) is 11.2. The molecule has 0 radical (unpaired) electrons. The number of Topliss-reactive ketones (excluding diaryl/α,β-unsaturated/α-hetero) is 1. The Labute approximate surface area is 115 Å². The molecule has 0 amide bonds. The molecule has 0 fully saturated rings. The van der Waals surface area contributed by atoms with Crippen molar-refractivity contribution in [3.05, 3.63) is 39.9 Å². The molecular weight excluding hydrogens is 266 g/mol. The van der Waals surface area contributed by atoms with E-state index in [1.165, 1.54) is 19.1 Å². The molecule has 0 heterocycles. The highest BCUT2D eigenvalue weighted by molar-refractivity contribution is 5.88. The minimum Gasteiger partial charge on any atom is -0.464 e. The summed E-state index contributed by atoms with van der Waals surface area (Å²) in [6, 6.07) is 4.77. The molecule has 0 bridgehead atoms. The first-order chi connectivity index (χ1) is 9.31. The quantitative estimate of drug-likeness (QED) is 0.479. The van der Waals surface area contributed by atoms with Crippen LogP contribution in [0.1, 0.15) is 25.8 Å². The highest BCUT2D eigenvalue weighted by Crippen LogP contribution is 2.28. The number of nitrogens with zero attached hydrogens (tertiary/aromatic N) is 1. The average molecular weight is 281 g/mol. The number of nitro groups is 1. The topological polar surface area (TPSA) is 107 Å². The molecule has 7 nitrogen and oxygen atoms in total. The summed E-state index contributed by atoms with van der Waals surface area (Å²) < 4.78 is 4.76. The van der Waals surface area contributed by atoms with Gasteiger partial charge in [0.1, 0.15) is 5.78 Å². The van der Waals surface area contributed by atoms with Gasteiger partial charge in [0, 0.05) is 18.6 Å². The molecule has 0 aliphatic rings. The SMILES string of the molecule is CCOC(=O)[C@](O)(CC(C)=O)c1ccc([N+](=O)[O-])cc1. The van der Waals surface area contributed by atoms with E-state index in [1.54, 1.807) is 6.92 Å². The molecule has 0 spiro atoms. The third kappa shape index (κ3) is 3.39. The number of aliphatic hydroxyl groups is 1. The summed E-state index contributed by atoms with van der Waals surface area (Å²) in [4.78, 5) is 33.1. The van der Waals surface area contributed by atoms with Crippen LogP contribution in [0.15, 0.2) is 24.3 Å². The largest absolute Gasteiger partial charge is 0.464 e. The lowest BCUT2D eigenvalue weighted by Crippen LogP contribution is -2.39. The molecule has 0 unspecified atom stereocenters. The normalized spacial score (nSPS) is 13.3. The van der Waals surface area contributed by atoms with Crippen LogP contribution in [0.4, 0.5) is 5.69 Å². The molecular formula is C13H15NO6. The van der Waals surface area contributed by atoms with Gasteiger partial charge in [0.05, 0.1) is 11.5 Å². The Morgan fingerprint density at radius 3 is 2.30 bits per heavy atom. The van der Waals surface area contributed by atoms with Crippen LogP contribution in [0, 0.1) is 10.1 Å². The van der Waals surface area contributed by atoms with Gasteiger partial charge in [0.2, 0.25) is 0 Å². The Balaban J connectivity index is 3.19. The van der Waals surface area contributed by atoms with Crippen molar-refractivity contribution in [2.24, 2.45) is 0 Å². The van der Waals surface area contributed by atoms with Crippen molar-refractivity contribution < 1.29 is 24.4 Å². The van der Waals surface area contributed by atoms with Crippen molar-refractivity contribution in [3.8, 4) is 0 Å². The van der Waals surface area contributed by atoms with Crippen LogP contribution in [0.25, 0.3) is 0 Å². The fraction of sp³-hybridized carbons (Fsp3) is 0.385. The summed E-state index contributed by atoms with van der Waals surface area (Å²) in [5, 5.41) is 21.0. The van der Waals surface area contributed by atoms with Gasteiger partial charge in [0.15, 0.2) is 5.60 Å². The van der Waals surface area contributed by atoms with Gasteiger partial charge in [0.25, 0.3) is 5.69 Å². The highest BCUT2D eigenvalue weighted by atomic mass is 16.6. The standard InChI is InChI=1S/C13H15NO6/c1-3-20-12(16)13(17,8-9(2)15)10-4-6-11(7-5-10)14(18)19/h4-7,17H,3,8H2,1-2H3/t13-/m0/s1. The molecule has 20 heavy (non-hydrogen) atoms. The van der Waals surface area contributed by atoms with E-state index >= 15 is 0 Å². The van der Waals surface area contributed by atoms with Crippen molar-refractivity contribution >= 4 is 17.4 Å². The Morgan fingerprint density at radius 2 is 1.90 bits per heavy atom. The molecule has 0 aliphatic heterocycles. The summed E-state index contributed by atoms with van der Waals surface area (Å²) in [6.45, 7) is 2.85. The van der Waals surface area contributed by atoms with Gasteiger partial charge in [-0.1, -0.05) is 0 Å². The van der Waals surface area contributed by atoms with E-state index in [0.29, 0.717) is 0 Å². The molecule has 0 aromatic heterocycles. The zero-order chi connectivity index (χ0) is 15.3. The minimum absolute atomic E-state index is 0.0476. The van der Waals surface area contributed by atoms with E-state index in [1.807, 2.05) is 0 Å². The summed E-state index contributed by atoms with van der Waals surface area (Å²) in [6.07, 6.45) is -0.455. The Kier molecular flexibility index (Phi) is 4.93. The average Bonchev–Trinajstić information content (AvgIpc) is 2.38. The van der Waals surface area contributed by atoms with Gasteiger partial charge < -0.3 is 9.84 Å². The van der Waals surface area contributed by atoms with Crippen LogP contribution in [0.2, 0.25) is 0 Å². The second kappa shape index (κ2) is 6.25. The summed E-state index contributed by atoms with van der Waals surface area (Å²) in [5.74, 6) is -1.36. The first-order valence-corrected chi connectivity index (χ1v) is 5.95. The number of rotatable bonds is 6. The lowest BCUT2D eigenvalue weighted by atomic mass is 9.89. The number of nitro benzene ring substituents is 1. The Morgan fingerprint density at radius 1 is 1.35 bits per heavy atom. The van der Waals surface area contributed by atoms with Gasteiger partial charge in [-0.3, -0.25) is 14.9 Å². The Hall–Kier alpha value is -2.28. The van der Waals surface area contributed by atoms with Gasteiger partial charge in [-0.2, -0.15) is 0 Å². The van der Waals surface area contributed by atoms with E-state index < -0.39 is 28.7 Å². The number of non-ortho nitro benzene ring substituents is 1. The molecule has 1 aromatic carbocycles. The van der Waals surface area contributed by atoms with Crippen molar-refractivity contribution in [2.45, 2.75) is 25.9 Å². The van der Waals surface area contributed by atoms with Gasteiger partial charge in [-0.05, 0) is 31.5 Å². The molecule has 0 aliphatic carbocycles. The fourth-order valence-corrected chi connectivity index (χ4v) is 1.76. The maximum Gasteiger partial charge on any atom is 0.343 e. The predicted octanol–water partition coefficient (Wildman–Crippen LogP) is 1.32. The zero-order valence-electron chi connectivity index (χ0n) is 11.2. The fourth-order valence-electron chi connectivity index (χ4n) is 1.76. The smallest absolute Gasteiger partial charge is 0.343 e. The van der Waals surface area contributed by atoms with Crippen LogP contribution in [0.3, 0.4) is 0 Å². The monoisotopic (exact) mass is 281 g/mol. The van der Waals surface area contributed by atoms with E-state index in [4.69, 9.17) is 4.74 Å². The molecule has 1 N–H and O–H groups in total. The van der Waals surface area contributed by atoms with E-state index in [0.717, 1.165) is 12.1 Å². The summed E-state index contributed by atoms with van der Waals surface area (Å²) in [5.41, 5.74) is -2.23. The molecule has 0 saturated carbocycles. The maximum atomic E-state index is 11.9. The Bertz CT molecular complexity index is 524. The van der Waals surface area contributed by atoms with Gasteiger partial charge in [-0.25, -0.2) is 4.79 Å². The number of hydrogen-bond acceptors (Lipinski definition) is 6. The summed E-state index contributed by atoms with van der Waals surface area (Å²) in [7, 11) is 0. The second-order valence-electron chi connectivity index (χ2n) is 4.26. The van der Waals surface area contributed by atoms with Crippen molar-refractivity contribution in [3.63, 3.8) is 0 Å². The van der Waals surface area contributed by atoms with E-state index in [9.17, 15) is 24.8 Å². The van der Waals surface area contributed by atoms with Crippen molar-refractivity contribution in [1.82, 2.24) is 0 Å². The number of ketones is 1. The minimum atomic E-state index is -2.13. The van der Waals surface area contributed by atoms with E-state index in [2.05, 4.69) is 0 Å². The molecule has 7 heteroatoms. The number of ether oxygens (including phenoxy) is 1. The number of benzene rings is 1. The van der Waals surface area contributed by atoms with Crippen LogP contribution in [-0.2, 0) is 19.9 Å². The molecule has 0 saturated heterocycles. The predicted molar refractivity (Wildman–Crippen MR) is 68.9 cm³/mol. The molecule has 1 atom stereocenters. The first kappa shape index (κ1) is 15.8. The number of esters is 1. The lowest BCUT2D eigenvalue weighted by molar-refractivity contribution is -0.384. The van der Waals surface area contributed by atoms with Crippen molar-refractivity contribution in [1.29, 1.82) is 0 Å². The van der Waals surface area contributed by atoms with Crippen LogP contribution in [0.5, 0.6) is 0 Å². The lowest BCUT2D eigenvalue weighted by Gasteiger charge is -2.25. The van der Waals surface area contributed by atoms with E-state index in [-0.39, 0.29) is 17.9 Å². The maximum absolute atomic E-state index is 11.9. The van der Waals surface area contributed by atoms with Gasteiger partial charge >= 0.3 is 5.97 Å². The molecule has 1 rings (SSSR count). The third-order valence-electron chi connectivity index (χ3n) is 2.67. The number of carbonyl (C=O) groups is 2. The van der Waals surface area contributed by atoms with Gasteiger partial charge in [-0.15, -0.1) is 0 Å². The third-order valence-corrected chi connectivity index (χ3v) is 2.67. The highest BCUT2D eigenvalue weighted by Gasteiger charge is 2.41. The van der Waals surface area contributed by atoms with Crippen LogP contribution in [-0.4, -0.2) is 28.4 Å². The molecule has 108 valence electrons. The number of hydrogen-bond donors (Lipinski definition) is 1. The van der Waals surface area contributed by atoms with Crippen molar-refractivity contribution in [2.75, 3.05) is 6.61 Å². The van der Waals surface area contributed by atoms with Crippen LogP contribution < -0.4 is 0 Å². The molecule has 1 aromatic rings.